The molecule has 6 unspecified atom stereocenters. The lowest BCUT2D eigenvalue weighted by atomic mass is 9.98. The second-order valence-corrected chi connectivity index (χ2v) is 19.9. The van der Waals surface area contributed by atoms with Crippen LogP contribution in [0.3, 0.4) is 0 Å². The second kappa shape index (κ2) is 50.7. The number of carboxylic acid groups (broad SMARTS) is 1. The average Bonchev–Trinajstić information content (AvgIpc) is 3.39. The topological polar surface area (TPSA) is 175 Å². The molecule has 12 heteroatoms. The normalized spacial score (nSPS) is 18.8. The van der Waals surface area contributed by atoms with E-state index in [1.54, 1.807) is 6.08 Å². The van der Waals surface area contributed by atoms with Gasteiger partial charge in [0, 0.05) is 12.8 Å². The molecule has 1 saturated heterocycles. The van der Waals surface area contributed by atoms with Crippen LogP contribution in [0.4, 0.5) is 0 Å². The van der Waals surface area contributed by atoms with Crippen molar-refractivity contribution in [1.82, 2.24) is 0 Å². The first kappa shape index (κ1) is 68.9. The van der Waals surface area contributed by atoms with Crippen molar-refractivity contribution < 1.29 is 58.2 Å². The Morgan fingerprint density at radius 2 is 0.880 bits per heavy atom. The monoisotopic (exact) mass is 1050 g/mol. The van der Waals surface area contributed by atoms with Crippen LogP contribution in [0.5, 0.6) is 0 Å². The maximum atomic E-state index is 13.1. The molecule has 0 aromatic rings. The molecule has 0 amide bonds. The molecule has 0 saturated carbocycles. The number of unbranched alkanes of at least 4 members (excludes halogenated alkanes) is 22. The Hall–Kier alpha value is -4.10. The molecule has 0 spiro atoms. The summed E-state index contributed by atoms with van der Waals surface area (Å²) in [6, 6.07) is 0. The lowest BCUT2D eigenvalue weighted by Gasteiger charge is -2.40. The Labute approximate surface area is 454 Å². The number of carbonyl (C=O) groups excluding carboxylic acids is 3. The van der Waals surface area contributed by atoms with Crippen LogP contribution in [0.1, 0.15) is 239 Å². The van der Waals surface area contributed by atoms with Crippen molar-refractivity contribution in [2.45, 2.75) is 276 Å². The van der Waals surface area contributed by atoms with Gasteiger partial charge in [0.25, 0.3) is 0 Å². The number of carboxylic acids is 1. The molecule has 1 aliphatic heterocycles. The van der Waals surface area contributed by atoms with E-state index in [1.165, 1.54) is 89.9 Å². The van der Waals surface area contributed by atoms with Crippen LogP contribution in [0.2, 0.25) is 0 Å². The predicted octanol–water partition coefficient (Wildman–Crippen LogP) is 15.1. The Morgan fingerprint density at radius 3 is 1.37 bits per heavy atom. The number of aliphatic carboxylic acids is 1. The lowest BCUT2D eigenvalue weighted by molar-refractivity contribution is -0.301. The summed E-state index contributed by atoms with van der Waals surface area (Å²) < 4.78 is 28.3. The summed E-state index contributed by atoms with van der Waals surface area (Å²) in [5.74, 6) is -3.30. The second-order valence-electron chi connectivity index (χ2n) is 19.9. The highest BCUT2D eigenvalue weighted by molar-refractivity contribution is 5.74. The van der Waals surface area contributed by atoms with Crippen molar-refractivity contribution in [2.75, 3.05) is 13.2 Å². The number of aliphatic hydroxyl groups excluding tert-OH is 2. The van der Waals surface area contributed by atoms with Gasteiger partial charge in [-0.3, -0.25) is 14.4 Å². The first-order valence-corrected chi connectivity index (χ1v) is 29.6. The molecule has 1 fully saturated rings. The third-order valence-corrected chi connectivity index (χ3v) is 13.0. The standard InChI is InChI=1S/C63H104O12/c1-4-7-10-13-16-19-22-25-28-31-34-37-40-43-46-49-55(64)71-52-54(73-56(65)50-47-44-41-38-35-32-29-26-23-20-17-14-11-8-5-2)53-72-63-61(59(68)58(67)60(75-63)62(69)70)74-57(66)51-48-45-42-39-36-33-30-27-24-21-18-15-12-9-6-3/h7,10,16,18-19,21,25,27-28,30,34,37,43,46,54,58-61,63,67-68H,4-6,8-9,11-15,17,20,22-24,26,29,31-33,35-36,38-42,44-45,47-53H2,1-3H3,(H,69,70)/b10-7-,19-16-,21-18-,28-25-,30-27-,37-34-,46-43-. The summed E-state index contributed by atoms with van der Waals surface area (Å²) in [6.45, 7) is 5.76. The Balaban J connectivity index is 2.75. The van der Waals surface area contributed by atoms with E-state index in [2.05, 4.69) is 87.6 Å². The number of ether oxygens (including phenoxy) is 5. The van der Waals surface area contributed by atoms with E-state index in [0.29, 0.717) is 19.3 Å². The van der Waals surface area contributed by atoms with Crippen molar-refractivity contribution in [3.63, 3.8) is 0 Å². The molecule has 1 aliphatic rings. The summed E-state index contributed by atoms with van der Waals surface area (Å²) >= 11 is 0. The van der Waals surface area contributed by atoms with Gasteiger partial charge >= 0.3 is 23.9 Å². The van der Waals surface area contributed by atoms with Gasteiger partial charge in [0.05, 0.1) is 13.0 Å². The SMILES string of the molecule is CC/C=C\C/C=C\C/C=C\C/C=C\C/C=C\CC(=O)OCC(COC1OC(C(=O)O)C(O)C(O)C1OC(=O)CCCCCCC/C=C\C/C=C\CCCCC)OC(=O)CCCCCCCCCCCCCCCCC. The highest BCUT2D eigenvalue weighted by atomic mass is 16.7. The molecule has 0 aromatic carbocycles. The van der Waals surface area contributed by atoms with Gasteiger partial charge in [-0.05, 0) is 77.0 Å². The number of esters is 3. The van der Waals surface area contributed by atoms with E-state index in [9.17, 15) is 34.5 Å². The Kier molecular flexibility index (Phi) is 46.6. The van der Waals surface area contributed by atoms with Gasteiger partial charge in [0.2, 0.25) is 0 Å². The number of allylic oxidation sites excluding steroid dienone is 13. The third-order valence-electron chi connectivity index (χ3n) is 13.0. The van der Waals surface area contributed by atoms with Gasteiger partial charge < -0.3 is 39.0 Å². The fourth-order valence-corrected chi connectivity index (χ4v) is 8.47. The molecule has 0 aliphatic carbocycles. The minimum absolute atomic E-state index is 0.0169. The first-order chi connectivity index (χ1) is 36.6. The molecule has 1 heterocycles. The van der Waals surface area contributed by atoms with E-state index in [4.69, 9.17) is 23.7 Å². The van der Waals surface area contributed by atoms with Crippen LogP contribution < -0.4 is 0 Å². The van der Waals surface area contributed by atoms with Gasteiger partial charge in [-0.1, -0.05) is 228 Å². The fourth-order valence-electron chi connectivity index (χ4n) is 8.47. The molecule has 1 rings (SSSR count). The van der Waals surface area contributed by atoms with Gasteiger partial charge in [-0.15, -0.1) is 0 Å². The minimum atomic E-state index is -1.92. The number of rotatable bonds is 49. The molecular formula is C63H104O12. The summed E-state index contributed by atoms with van der Waals surface area (Å²) in [4.78, 5) is 51.0. The molecular weight excluding hydrogens is 949 g/mol. The summed E-state index contributed by atoms with van der Waals surface area (Å²) in [6.07, 6.45) is 52.9. The van der Waals surface area contributed by atoms with Crippen LogP contribution in [0, 0.1) is 0 Å². The van der Waals surface area contributed by atoms with E-state index in [0.717, 1.165) is 89.9 Å². The summed E-state index contributed by atoms with van der Waals surface area (Å²) in [5.41, 5.74) is 0. The zero-order chi connectivity index (χ0) is 54.7. The predicted molar refractivity (Wildman–Crippen MR) is 303 cm³/mol. The third kappa shape index (κ3) is 40.8. The van der Waals surface area contributed by atoms with Crippen molar-refractivity contribution in [3.8, 4) is 0 Å². The molecule has 3 N–H and O–H groups in total. The van der Waals surface area contributed by atoms with Gasteiger partial charge in [-0.2, -0.15) is 0 Å². The van der Waals surface area contributed by atoms with Gasteiger partial charge in [-0.25, -0.2) is 4.79 Å². The zero-order valence-electron chi connectivity index (χ0n) is 47.0. The van der Waals surface area contributed by atoms with Crippen LogP contribution >= 0.6 is 0 Å². The number of hydrogen-bond donors (Lipinski definition) is 3. The average molecular weight is 1050 g/mol. The number of hydrogen-bond acceptors (Lipinski definition) is 11. The molecule has 0 bridgehead atoms. The maximum absolute atomic E-state index is 13.1. The number of aliphatic hydroxyl groups is 2. The molecule has 6 atom stereocenters. The van der Waals surface area contributed by atoms with Crippen LogP contribution in [-0.4, -0.2) is 89.2 Å². The summed E-state index contributed by atoms with van der Waals surface area (Å²) in [5, 5.41) is 31.5. The minimum Gasteiger partial charge on any atom is -0.479 e. The zero-order valence-corrected chi connectivity index (χ0v) is 47.0. The quantitative estimate of drug-likeness (QED) is 0.0228. The Morgan fingerprint density at radius 1 is 0.467 bits per heavy atom. The van der Waals surface area contributed by atoms with E-state index in [1.807, 2.05) is 12.2 Å². The smallest absolute Gasteiger partial charge is 0.335 e. The van der Waals surface area contributed by atoms with Crippen molar-refractivity contribution in [1.29, 1.82) is 0 Å². The maximum Gasteiger partial charge on any atom is 0.335 e. The molecule has 75 heavy (non-hydrogen) atoms. The van der Waals surface area contributed by atoms with E-state index >= 15 is 0 Å². The van der Waals surface area contributed by atoms with Crippen LogP contribution in [0.15, 0.2) is 85.1 Å². The van der Waals surface area contributed by atoms with Crippen molar-refractivity contribution in [3.05, 3.63) is 85.1 Å². The van der Waals surface area contributed by atoms with Gasteiger partial charge in [0.15, 0.2) is 24.6 Å². The van der Waals surface area contributed by atoms with Gasteiger partial charge in [0.1, 0.15) is 18.8 Å². The summed E-state index contributed by atoms with van der Waals surface area (Å²) in [7, 11) is 0. The Bertz CT molecular complexity index is 1630. The highest BCUT2D eigenvalue weighted by Gasteiger charge is 2.50. The molecule has 0 radical (unpaired) electrons. The van der Waals surface area contributed by atoms with E-state index < -0.39 is 67.3 Å². The number of carbonyl (C=O) groups is 4. The highest BCUT2D eigenvalue weighted by Crippen LogP contribution is 2.26. The van der Waals surface area contributed by atoms with E-state index in [-0.39, 0.29) is 25.9 Å². The molecule has 12 nitrogen and oxygen atoms in total. The molecule has 428 valence electrons. The largest absolute Gasteiger partial charge is 0.479 e. The van der Waals surface area contributed by atoms with Crippen LogP contribution in [0.25, 0.3) is 0 Å². The van der Waals surface area contributed by atoms with Crippen LogP contribution in [-0.2, 0) is 42.9 Å². The van der Waals surface area contributed by atoms with Crippen molar-refractivity contribution in [2.24, 2.45) is 0 Å². The first-order valence-electron chi connectivity index (χ1n) is 29.6. The fraction of sp³-hybridized carbons (Fsp3) is 0.714. The van der Waals surface area contributed by atoms with Crippen molar-refractivity contribution >= 4 is 23.9 Å². The lowest BCUT2D eigenvalue weighted by Crippen LogP contribution is -2.61. The molecule has 0 aromatic heterocycles.